The average molecular weight is 300 g/mol. The second kappa shape index (κ2) is 5.30. The van der Waals surface area contributed by atoms with Crippen LogP contribution in [-0.4, -0.2) is 14.5 Å². The van der Waals surface area contributed by atoms with Gasteiger partial charge in [-0.2, -0.15) is 0 Å². The number of thiazole rings is 1. The Bertz CT molecular complexity index is 710. The minimum atomic E-state index is -0.552. The Morgan fingerprint density at radius 3 is 2.58 bits per heavy atom. The van der Waals surface area contributed by atoms with Crippen LogP contribution < -0.4 is 11.2 Å². The maximum atomic E-state index is 12.3. The van der Waals surface area contributed by atoms with Crippen molar-refractivity contribution < 1.29 is 0 Å². The fourth-order valence-electron chi connectivity index (χ4n) is 1.74. The Balaban J connectivity index is 2.73. The third-order valence-corrected chi connectivity index (χ3v) is 4.24. The molecule has 7 heteroatoms. The molecule has 2 rings (SSSR count). The number of hydrogen-bond donors (Lipinski definition) is 1. The molecule has 1 N–H and O–H groups in total. The van der Waals surface area contributed by atoms with Gasteiger partial charge in [0, 0.05) is 4.88 Å². The van der Waals surface area contributed by atoms with E-state index in [1.807, 2.05) is 20.8 Å². The van der Waals surface area contributed by atoms with E-state index >= 15 is 0 Å². The zero-order valence-electron chi connectivity index (χ0n) is 10.9. The van der Waals surface area contributed by atoms with Crippen LogP contribution in [0.3, 0.4) is 0 Å². The number of nitrogens with zero attached hydrogens (tertiary/aromatic N) is 2. The van der Waals surface area contributed by atoms with Crippen molar-refractivity contribution in [3.8, 4) is 5.13 Å². The van der Waals surface area contributed by atoms with Gasteiger partial charge in [-0.25, -0.2) is 14.3 Å². The van der Waals surface area contributed by atoms with E-state index in [1.165, 1.54) is 11.3 Å². The largest absolute Gasteiger partial charge is 0.336 e. The van der Waals surface area contributed by atoms with Gasteiger partial charge in [0.25, 0.3) is 5.56 Å². The Kier molecular flexibility index (Phi) is 3.91. The standard InChI is InChI=1S/C12H14ClN3O2S/c1-4-5-8-9(13)15-11(18)16(10(8)17)12-14-6(2)7(3)19-12/h4-5H2,1-3H3,(H,15,18). The number of H-pyrrole nitrogens is 1. The van der Waals surface area contributed by atoms with Crippen LogP contribution in [0, 0.1) is 13.8 Å². The molecule has 2 aromatic heterocycles. The highest BCUT2D eigenvalue weighted by atomic mass is 35.5. The summed E-state index contributed by atoms with van der Waals surface area (Å²) in [6, 6.07) is 0. The van der Waals surface area contributed by atoms with Crippen molar-refractivity contribution in [3.63, 3.8) is 0 Å². The lowest BCUT2D eigenvalue weighted by molar-refractivity contribution is 0.805. The molecule has 0 aliphatic carbocycles. The first-order chi connectivity index (χ1) is 8.95. The minimum absolute atomic E-state index is 0.123. The van der Waals surface area contributed by atoms with Crippen LogP contribution >= 0.6 is 22.9 Å². The number of nitrogens with one attached hydrogen (secondary N) is 1. The molecule has 0 atom stereocenters. The summed E-state index contributed by atoms with van der Waals surface area (Å²) < 4.78 is 1.06. The summed E-state index contributed by atoms with van der Waals surface area (Å²) in [5, 5.41) is 0.508. The first kappa shape index (κ1) is 14.0. The van der Waals surface area contributed by atoms with E-state index in [9.17, 15) is 9.59 Å². The number of aryl methyl sites for hydroxylation is 2. The summed E-state index contributed by atoms with van der Waals surface area (Å²) >= 11 is 7.24. The normalized spacial score (nSPS) is 10.9. The van der Waals surface area contributed by atoms with E-state index in [2.05, 4.69) is 9.97 Å². The Labute approximate surface area is 118 Å². The number of rotatable bonds is 3. The van der Waals surface area contributed by atoms with E-state index in [0.29, 0.717) is 17.1 Å². The van der Waals surface area contributed by atoms with E-state index in [1.54, 1.807) is 0 Å². The van der Waals surface area contributed by atoms with Crippen molar-refractivity contribution in [1.82, 2.24) is 14.5 Å². The zero-order valence-corrected chi connectivity index (χ0v) is 12.5. The second-order valence-corrected chi connectivity index (χ2v) is 5.81. The molecule has 0 fully saturated rings. The highest BCUT2D eigenvalue weighted by Crippen LogP contribution is 2.18. The number of aromatic nitrogens is 3. The molecule has 2 heterocycles. The van der Waals surface area contributed by atoms with Crippen molar-refractivity contribution in [1.29, 1.82) is 0 Å². The van der Waals surface area contributed by atoms with Gasteiger partial charge in [0.15, 0.2) is 0 Å². The lowest BCUT2D eigenvalue weighted by atomic mass is 10.2. The third-order valence-electron chi connectivity index (χ3n) is 2.85. The van der Waals surface area contributed by atoms with E-state index in [0.717, 1.165) is 21.6 Å². The van der Waals surface area contributed by atoms with Crippen molar-refractivity contribution >= 4 is 22.9 Å². The van der Waals surface area contributed by atoms with E-state index in [4.69, 9.17) is 11.6 Å². The number of aromatic amines is 1. The lowest BCUT2D eigenvalue weighted by Crippen LogP contribution is -2.36. The topological polar surface area (TPSA) is 67.8 Å². The Hall–Kier alpha value is -1.40. The fraction of sp³-hybridized carbons (Fsp3) is 0.417. The molecule has 19 heavy (non-hydrogen) atoms. The average Bonchev–Trinajstić information content (AvgIpc) is 2.64. The van der Waals surface area contributed by atoms with Gasteiger partial charge in [0.05, 0.1) is 11.3 Å². The van der Waals surface area contributed by atoms with Crippen molar-refractivity contribution in [3.05, 3.63) is 42.1 Å². The first-order valence-electron chi connectivity index (χ1n) is 5.93. The SMILES string of the molecule is CCCc1c(Cl)[nH]c(=O)n(-c2nc(C)c(C)s2)c1=O. The van der Waals surface area contributed by atoms with Gasteiger partial charge >= 0.3 is 5.69 Å². The summed E-state index contributed by atoms with van der Waals surface area (Å²) in [6.07, 6.45) is 1.30. The summed E-state index contributed by atoms with van der Waals surface area (Å²) in [6.45, 7) is 5.69. The fourth-order valence-corrected chi connectivity index (χ4v) is 2.90. The smallest absolute Gasteiger partial charge is 0.297 e. The summed E-state index contributed by atoms with van der Waals surface area (Å²) in [5.74, 6) is 0. The molecule has 0 amide bonds. The first-order valence-corrected chi connectivity index (χ1v) is 7.13. The zero-order chi connectivity index (χ0) is 14.2. The maximum Gasteiger partial charge on any atom is 0.336 e. The molecule has 0 saturated heterocycles. The van der Waals surface area contributed by atoms with Gasteiger partial charge in [-0.15, -0.1) is 11.3 Å². The van der Waals surface area contributed by atoms with Crippen LogP contribution in [0.2, 0.25) is 5.15 Å². The van der Waals surface area contributed by atoms with Gasteiger partial charge in [0.2, 0.25) is 5.13 Å². The Morgan fingerprint density at radius 1 is 1.37 bits per heavy atom. The second-order valence-electron chi connectivity index (χ2n) is 4.25. The molecule has 0 aliphatic heterocycles. The highest BCUT2D eigenvalue weighted by molar-refractivity contribution is 7.14. The minimum Gasteiger partial charge on any atom is -0.297 e. The van der Waals surface area contributed by atoms with E-state index < -0.39 is 5.69 Å². The molecular formula is C12H14ClN3O2S. The van der Waals surface area contributed by atoms with E-state index in [-0.39, 0.29) is 10.7 Å². The molecule has 0 aromatic carbocycles. The predicted molar refractivity (Wildman–Crippen MR) is 76.8 cm³/mol. The molecule has 0 radical (unpaired) electrons. The Morgan fingerprint density at radius 2 is 2.05 bits per heavy atom. The molecule has 5 nitrogen and oxygen atoms in total. The van der Waals surface area contributed by atoms with Gasteiger partial charge in [-0.1, -0.05) is 24.9 Å². The molecule has 2 aromatic rings. The van der Waals surface area contributed by atoms with Crippen molar-refractivity contribution in [2.24, 2.45) is 0 Å². The molecule has 0 aliphatic rings. The number of hydrogen-bond acceptors (Lipinski definition) is 4. The summed E-state index contributed by atoms with van der Waals surface area (Å²) in [5.41, 5.74) is 0.306. The van der Waals surface area contributed by atoms with Gasteiger partial charge in [-0.3, -0.25) is 9.78 Å². The van der Waals surface area contributed by atoms with Crippen molar-refractivity contribution in [2.45, 2.75) is 33.6 Å². The molecule has 0 unspecified atom stereocenters. The van der Waals surface area contributed by atoms with Crippen LogP contribution in [0.25, 0.3) is 5.13 Å². The predicted octanol–water partition coefficient (Wildman–Crippen LogP) is 2.21. The highest BCUT2D eigenvalue weighted by Gasteiger charge is 2.16. The molecule has 0 spiro atoms. The molecule has 0 saturated carbocycles. The summed E-state index contributed by atoms with van der Waals surface area (Å²) in [4.78, 5) is 32.0. The van der Waals surface area contributed by atoms with Gasteiger partial charge in [0.1, 0.15) is 5.15 Å². The third kappa shape index (κ3) is 2.50. The summed E-state index contributed by atoms with van der Waals surface area (Å²) in [7, 11) is 0. The van der Waals surface area contributed by atoms with Crippen LogP contribution in [0.15, 0.2) is 9.59 Å². The molecule has 0 bridgehead atoms. The molecular weight excluding hydrogens is 286 g/mol. The number of halogens is 1. The van der Waals surface area contributed by atoms with Crippen LogP contribution in [0.4, 0.5) is 0 Å². The van der Waals surface area contributed by atoms with Gasteiger partial charge in [-0.05, 0) is 20.3 Å². The monoisotopic (exact) mass is 299 g/mol. The van der Waals surface area contributed by atoms with Crippen LogP contribution in [0.5, 0.6) is 0 Å². The van der Waals surface area contributed by atoms with Crippen LogP contribution in [0.1, 0.15) is 29.5 Å². The van der Waals surface area contributed by atoms with Gasteiger partial charge < -0.3 is 0 Å². The van der Waals surface area contributed by atoms with Crippen LogP contribution in [-0.2, 0) is 6.42 Å². The van der Waals surface area contributed by atoms with Crippen molar-refractivity contribution in [2.75, 3.05) is 0 Å². The molecule has 102 valence electrons. The maximum absolute atomic E-state index is 12.3. The quantitative estimate of drug-likeness (QED) is 0.884. The lowest BCUT2D eigenvalue weighted by Gasteiger charge is -2.05.